The van der Waals surface area contributed by atoms with Gasteiger partial charge in [-0.15, -0.1) is 0 Å². The fraction of sp³-hybridized carbons (Fsp3) is 0.375. The van der Waals surface area contributed by atoms with E-state index in [0.29, 0.717) is 11.3 Å². The third kappa shape index (κ3) is 8.13. The molecular formula is C32H40N4O7S. The number of nitro benzene ring substituents is 1. The zero-order valence-electron chi connectivity index (χ0n) is 26.2. The van der Waals surface area contributed by atoms with Crippen LogP contribution in [0.5, 0.6) is 5.75 Å². The number of benzene rings is 3. The quantitative estimate of drug-likeness (QED) is 0.218. The predicted octanol–water partition coefficient (Wildman–Crippen LogP) is 5.14. The second kappa shape index (κ2) is 13.9. The van der Waals surface area contributed by atoms with Crippen molar-refractivity contribution in [1.82, 2.24) is 10.2 Å². The number of nitrogens with one attached hydrogen (secondary N) is 1. The lowest BCUT2D eigenvalue weighted by Gasteiger charge is -2.35. The van der Waals surface area contributed by atoms with Crippen molar-refractivity contribution in [2.45, 2.75) is 71.0 Å². The summed E-state index contributed by atoms with van der Waals surface area (Å²) in [6.45, 7) is 10.1. The van der Waals surface area contributed by atoms with Crippen LogP contribution in [0.25, 0.3) is 0 Å². The molecule has 0 aliphatic heterocycles. The first-order valence-electron chi connectivity index (χ1n) is 14.2. The van der Waals surface area contributed by atoms with E-state index in [-0.39, 0.29) is 35.1 Å². The Labute approximate surface area is 259 Å². The standard InChI is InChI=1S/C32H40N4O7S/c1-8-28(31(38)33-32(4,5)6)34(20-24-12-10-9-11-22(24)2)30(37)21-35(25-14-16-26(43-7)17-15-25)44(41,42)27-18-13-23(3)29(19-27)36(39)40/h9-19,28H,8,20-21H2,1-7H3,(H,33,38). The van der Waals surface area contributed by atoms with E-state index in [1.807, 2.05) is 52.0 Å². The van der Waals surface area contributed by atoms with Crippen molar-refractivity contribution in [2.24, 2.45) is 0 Å². The first-order valence-corrected chi connectivity index (χ1v) is 15.6. The summed E-state index contributed by atoms with van der Waals surface area (Å²) in [6.07, 6.45) is 0.277. The Morgan fingerprint density at radius 3 is 2.18 bits per heavy atom. The molecule has 3 aromatic carbocycles. The average molecular weight is 625 g/mol. The molecule has 2 amide bonds. The Bertz CT molecular complexity index is 1620. The highest BCUT2D eigenvalue weighted by atomic mass is 32.2. The van der Waals surface area contributed by atoms with Crippen LogP contribution in [0.3, 0.4) is 0 Å². The van der Waals surface area contributed by atoms with Gasteiger partial charge in [0.05, 0.1) is 22.6 Å². The van der Waals surface area contributed by atoms with Crippen molar-refractivity contribution in [3.63, 3.8) is 0 Å². The second-order valence-electron chi connectivity index (χ2n) is 11.5. The molecule has 1 N–H and O–H groups in total. The van der Waals surface area contributed by atoms with Crippen molar-refractivity contribution in [3.8, 4) is 5.75 Å². The summed E-state index contributed by atoms with van der Waals surface area (Å²) in [5.74, 6) is -0.519. The number of nitro groups is 1. The molecule has 12 heteroatoms. The molecule has 1 atom stereocenters. The van der Waals surface area contributed by atoms with E-state index in [1.54, 1.807) is 19.1 Å². The van der Waals surface area contributed by atoms with Gasteiger partial charge in [-0.1, -0.05) is 37.3 Å². The number of carbonyl (C=O) groups excluding carboxylic acids is 2. The van der Waals surface area contributed by atoms with Crippen LogP contribution >= 0.6 is 0 Å². The molecule has 0 heterocycles. The molecule has 0 bridgehead atoms. The molecule has 0 saturated heterocycles. The van der Waals surface area contributed by atoms with Crippen LogP contribution in [0.2, 0.25) is 0 Å². The van der Waals surface area contributed by atoms with Gasteiger partial charge in [0.1, 0.15) is 18.3 Å². The molecule has 3 aromatic rings. The van der Waals surface area contributed by atoms with E-state index in [4.69, 9.17) is 4.74 Å². The number of nitrogens with zero attached hydrogens (tertiary/aromatic N) is 3. The molecule has 0 aliphatic carbocycles. The van der Waals surface area contributed by atoms with E-state index in [0.717, 1.165) is 21.5 Å². The van der Waals surface area contributed by atoms with Crippen LogP contribution in [0.15, 0.2) is 71.6 Å². The highest BCUT2D eigenvalue weighted by molar-refractivity contribution is 7.92. The Morgan fingerprint density at radius 1 is 1.00 bits per heavy atom. The molecule has 0 aromatic heterocycles. The molecule has 11 nitrogen and oxygen atoms in total. The molecule has 0 aliphatic rings. The van der Waals surface area contributed by atoms with E-state index >= 15 is 0 Å². The molecule has 3 rings (SSSR count). The first kappa shape index (κ1) is 34.0. The molecule has 0 spiro atoms. The Hall–Kier alpha value is -4.45. The van der Waals surface area contributed by atoms with Gasteiger partial charge in [0, 0.05) is 23.7 Å². The van der Waals surface area contributed by atoms with Crippen LogP contribution in [0.1, 0.15) is 50.8 Å². The number of methoxy groups -OCH3 is 1. The van der Waals surface area contributed by atoms with Crippen LogP contribution in [-0.2, 0) is 26.2 Å². The Morgan fingerprint density at radius 2 is 1.64 bits per heavy atom. The van der Waals surface area contributed by atoms with Gasteiger partial charge < -0.3 is 15.0 Å². The molecular weight excluding hydrogens is 584 g/mol. The topological polar surface area (TPSA) is 139 Å². The van der Waals surface area contributed by atoms with Gasteiger partial charge in [0.2, 0.25) is 11.8 Å². The maximum Gasteiger partial charge on any atom is 0.273 e. The molecule has 1 unspecified atom stereocenters. The number of amides is 2. The highest BCUT2D eigenvalue weighted by Gasteiger charge is 2.35. The zero-order valence-corrected chi connectivity index (χ0v) is 27.0. The number of rotatable bonds is 12. The minimum Gasteiger partial charge on any atom is -0.497 e. The van der Waals surface area contributed by atoms with E-state index in [2.05, 4.69) is 5.32 Å². The van der Waals surface area contributed by atoms with E-state index in [1.165, 1.54) is 43.2 Å². The maximum absolute atomic E-state index is 14.3. The van der Waals surface area contributed by atoms with Crippen LogP contribution in [0, 0.1) is 24.0 Å². The van der Waals surface area contributed by atoms with Crippen molar-refractivity contribution >= 4 is 33.2 Å². The minimum absolute atomic E-state index is 0.0636. The summed E-state index contributed by atoms with van der Waals surface area (Å²) in [6, 6.07) is 16.2. The summed E-state index contributed by atoms with van der Waals surface area (Å²) < 4.78 is 34.4. The third-order valence-corrected chi connectivity index (χ3v) is 8.86. The number of hydrogen-bond donors (Lipinski definition) is 1. The SMILES string of the molecule is CCC(C(=O)NC(C)(C)C)N(Cc1ccccc1C)C(=O)CN(c1ccc(OC)cc1)S(=O)(=O)c1ccc(C)c([N+](=O)[O-])c1. The average Bonchev–Trinajstić information content (AvgIpc) is 2.95. The predicted molar refractivity (Wildman–Crippen MR) is 169 cm³/mol. The van der Waals surface area contributed by atoms with Crippen LogP contribution < -0.4 is 14.4 Å². The number of carbonyl (C=O) groups is 2. The number of hydrogen-bond acceptors (Lipinski definition) is 7. The monoisotopic (exact) mass is 624 g/mol. The van der Waals surface area contributed by atoms with Gasteiger partial charge >= 0.3 is 0 Å². The lowest BCUT2D eigenvalue weighted by Crippen LogP contribution is -2.55. The summed E-state index contributed by atoms with van der Waals surface area (Å²) in [7, 11) is -3.03. The van der Waals surface area contributed by atoms with Gasteiger partial charge in [-0.05, 0) is 82.5 Å². The number of anilines is 1. The lowest BCUT2D eigenvalue weighted by atomic mass is 10.0. The largest absolute Gasteiger partial charge is 0.497 e. The van der Waals surface area contributed by atoms with Gasteiger partial charge in [-0.25, -0.2) is 8.42 Å². The lowest BCUT2D eigenvalue weighted by molar-refractivity contribution is -0.385. The molecule has 44 heavy (non-hydrogen) atoms. The number of aryl methyl sites for hydroxylation is 2. The van der Waals surface area contributed by atoms with Crippen molar-refractivity contribution < 1.29 is 27.7 Å². The zero-order chi connectivity index (χ0) is 32.8. The fourth-order valence-electron chi connectivity index (χ4n) is 4.69. The van der Waals surface area contributed by atoms with Crippen molar-refractivity contribution in [1.29, 1.82) is 0 Å². The maximum atomic E-state index is 14.3. The minimum atomic E-state index is -4.50. The fourth-order valence-corrected chi connectivity index (χ4v) is 6.13. The molecule has 0 fully saturated rings. The summed E-state index contributed by atoms with van der Waals surface area (Å²) in [5, 5.41) is 14.6. The molecule has 236 valence electrons. The summed E-state index contributed by atoms with van der Waals surface area (Å²) in [5.41, 5.74) is 1.21. The molecule has 0 saturated carbocycles. The van der Waals surface area contributed by atoms with Gasteiger partial charge in [0.25, 0.3) is 15.7 Å². The number of ether oxygens (including phenoxy) is 1. The highest BCUT2D eigenvalue weighted by Crippen LogP contribution is 2.30. The molecule has 0 radical (unpaired) electrons. The van der Waals surface area contributed by atoms with Gasteiger partial charge in [-0.2, -0.15) is 0 Å². The van der Waals surface area contributed by atoms with Crippen molar-refractivity contribution in [2.75, 3.05) is 18.0 Å². The summed E-state index contributed by atoms with van der Waals surface area (Å²) in [4.78, 5) is 39.8. The van der Waals surface area contributed by atoms with E-state index < -0.39 is 39.0 Å². The Balaban J connectivity index is 2.14. The van der Waals surface area contributed by atoms with Crippen molar-refractivity contribution in [3.05, 3.63) is 93.5 Å². The second-order valence-corrected chi connectivity index (χ2v) is 13.4. The Kier molecular flexibility index (Phi) is 10.7. The first-order chi connectivity index (χ1) is 20.6. The summed E-state index contributed by atoms with van der Waals surface area (Å²) >= 11 is 0. The third-order valence-electron chi connectivity index (χ3n) is 7.09. The normalized spacial score (nSPS) is 12.2. The van der Waals surface area contributed by atoms with Crippen LogP contribution in [-0.4, -0.2) is 55.3 Å². The van der Waals surface area contributed by atoms with Crippen LogP contribution in [0.4, 0.5) is 11.4 Å². The number of sulfonamides is 1. The van der Waals surface area contributed by atoms with Gasteiger partial charge in [-0.3, -0.25) is 24.0 Å². The van der Waals surface area contributed by atoms with Gasteiger partial charge in [0.15, 0.2) is 0 Å². The smallest absolute Gasteiger partial charge is 0.273 e. The van der Waals surface area contributed by atoms with E-state index in [9.17, 15) is 28.1 Å².